The van der Waals surface area contributed by atoms with Crippen LogP contribution in [0.25, 0.3) is 0 Å². The first-order chi connectivity index (χ1) is 10.8. The summed E-state index contributed by atoms with van der Waals surface area (Å²) in [5, 5.41) is 0. The van der Waals surface area contributed by atoms with Crippen LogP contribution in [0.15, 0.2) is 0 Å². The molecule has 1 aliphatic heterocycles. The fraction of sp³-hybridized carbons (Fsp3) is 0.941. The number of carbonyl (C=O) groups excluding carboxylic acids is 1. The van der Waals surface area contributed by atoms with E-state index in [4.69, 9.17) is 19.6 Å². The van der Waals surface area contributed by atoms with Crippen LogP contribution in [0, 0.1) is 0 Å². The lowest BCUT2D eigenvalue weighted by atomic mass is 9.97. The maximum atomic E-state index is 11.7. The van der Waals surface area contributed by atoms with Crippen molar-refractivity contribution in [2.24, 2.45) is 0 Å². The molecule has 1 spiro atoms. The van der Waals surface area contributed by atoms with Gasteiger partial charge in [-0.1, -0.05) is 44.9 Å². The van der Waals surface area contributed by atoms with Crippen molar-refractivity contribution in [3.05, 3.63) is 0 Å². The van der Waals surface area contributed by atoms with Crippen molar-refractivity contribution in [1.29, 1.82) is 0 Å². The van der Waals surface area contributed by atoms with Crippen LogP contribution >= 0.6 is 0 Å². The van der Waals surface area contributed by atoms with E-state index >= 15 is 0 Å². The summed E-state index contributed by atoms with van der Waals surface area (Å²) in [5.74, 6) is -1.23. The normalized spacial score (nSPS) is 26.5. The summed E-state index contributed by atoms with van der Waals surface area (Å²) in [5.41, 5.74) is 0. The molecule has 0 bridgehead atoms. The molecule has 1 saturated carbocycles. The van der Waals surface area contributed by atoms with Gasteiger partial charge in [-0.15, -0.1) is 4.89 Å². The predicted octanol–water partition coefficient (Wildman–Crippen LogP) is 4.59. The fourth-order valence-electron chi connectivity index (χ4n) is 3.08. The maximum Gasteiger partial charge on any atom is 0.342 e. The van der Waals surface area contributed by atoms with Gasteiger partial charge in [0.15, 0.2) is 0 Å². The van der Waals surface area contributed by atoms with Crippen molar-refractivity contribution in [2.75, 3.05) is 6.61 Å². The highest BCUT2D eigenvalue weighted by Gasteiger charge is 2.36. The number of hydrogen-bond acceptors (Lipinski definition) is 5. The van der Waals surface area contributed by atoms with Gasteiger partial charge in [0.1, 0.15) is 0 Å². The highest BCUT2D eigenvalue weighted by Crippen LogP contribution is 2.31. The second-order valence-electron chi connectivity index (χ2n) is 6.49. The Bertz CT molecular complexity index is 306. The predicted molar refractivity (Wildman–Crippen MR) is 81.6 cm³/mol. The molecule has 0 amide bonds. The van der Waals surface area contributed by atoms with Crippen molar-refractivity contribution >= 4 is 5.97 Å². The second-order valence-corrected chi connectivity index (χ2v) is 6.49. The van der Waals surface area contributed by atoms with Gasteiger partial charge in [0.2, 0.25) is 5.79 Å². The highest BCUT2D eigenvalue weighted by molar-refractivity contribution is 5.68. The Labute approximate surface area is 133 Å². The standard InChI is InChI=1S/C17H30O5/c18-16-12-8-11-15-19-21-17(22-20-16)13-9-6-4-2-1-3-5-7-10-14-17/h1-15H2. The van der Waals surface area contributed by atoms with Crippen molar-refractivity contribution in [3.8, 4) is 0 Å². The van der Waals surface area contributed by atoms with E-state index in [0.29, 0.717) is 25.9 Å². The zero-order valence-corrected chi connectivity index (χ0v) is 13.6. The largest absolute Gasteiger partial charge is 0.342 e. The molecule has 0 N–H and O–H groups in total. The third kappa shape index (κ3) is 6.63. The Balaban J connectivity index is 1.95. The van der Waals surface area contributed by atoms with Gasteiger partial charge in [-0.3, -0.25) is 4.89 Å². The molecule has 22 heavy (non-hydrogen) atoms. The van der Waals surface area contributed by atoms with Gasteiger partial charge in [0, 0.05) is 19.3 Å². The molecule has 1 saturated heterocycles. The Morgan fingerprint density at radius 1 is 0.682 bits per heavy atom. The molecule has 2 rings (SSSR count). The molecule has 5 heteroatoms. The summed E-state index contributed by atoms with van der Waals surface area (Å²) < 4.78 is 0. The van der Waals surface area contributed by atoms with Gasteiger partial charge in [0.25, 0.3) is 0 Å². The Hall–Kier alpha value is -0.650. The van der Waals surface area contributed by atoms with Crippen molar-refractivity contribution in [2.45, 2.75) is 95.7 Å². The monoisotopic (exact) mass is 314 g/mol. The quantitative estimate of drug-likeness (QED) is 0.612. The van der Waals surface area contributed by atoms with E-state index in [1.165, 1.54) is 32.1 Å². The van der Waals surface area contributed by atoms with Crippen LogP contribution in [0.5, 0.6) is 0 Å². The van der Waals surface area contributed by atoms with E-state index in [9.17, 15) is 4.79 Å². The minimum atomic E-state index is -0.924. The molecule has 0 aromatic heterocycles. The van der Waals surface area contributed by atoms with Crippen LogP contribution in [-0.2, 0) is 24.3 Å². The lowest BCUT2D eigenvalue weighted by Crippen LogP contribution is -2.38. The van der Waals surface area contributed by atoms with Crippen molar-refractivity contribution < 1.29 is 24.3 Å². The average Bonchev–Trinajstić information content (AvgIpc) is 2.51. The van der Waals surface area contributed by atoms with E-state index in [-0.39, 0.29) is 5.97 Å². The van der Waals surface area contributed by atoms with Gasteiger partial charge < -0.3 is 0 Å². The molecular weight excluding hydrogens is 284 g/mol. The highest BCUT2D eigenvalue weighted by atomic mass is 17.3. The van der Waals surface area contributed by atoms with E-state index < -0.39 is 5.79 Å². The molecule has 0 atom stereocenters. The lowest BCUT2D eigenvalue weighted by molar-refractivity contribution is -0.502. The first-order valence-electron chi connectivity index (χ1n) is 9.00. The van der Waals surface area contributed by atoms with E-state index in [0.717, 1.165) is 38.5 Å². The number of rotatable bonds is 0. The van der Waals surface area contributed by atoms with Crippen LogP contribution in [0.4, 0.5) is 0 Å². The van der Waals surface area contributed by atoms with Crippen molar-refractivity contribution in [1.82, 2.24) is 0 Å². The smallest absolute Gasteiger partial charge is 0.295 e. The average molecular weight is 314 g/mol. The molecular formula is C17H30O5. The summed E-state index contributed by atoms with van der Waals surface area (Å²) in [7, 11) is 0. The summed E-state index contributed by atoms with van der Waals surface area (Å²) in [4.78, 5) is 33.1. The molecule has 0 aromatic rings. The van der Waals surface area contributed by atoms with Crippen LogP contribution in [-0.4, -0.2) is 18.4 Å². The van der Waals surface area contributed by atoms with Crippen LogP contribution in [0.1, 0.15) is 89.9 Å². The second kappa shape index (κ2) is 10.2. The summed E-state index contributed by atoms with van der Waals surface area (Å²) in [6.45, 7) is 0.498. The topological polar surface area (TPSA) is 54.0 Å². The Morgan fingerprint density at radius 2 is 1.27 bits per heavy atom. The Morgan fingerprint density at radius 3 is 1.91 bits per heavy atom. The minimum Gasteiger partial charge on any atom is -0.295 e. The molecule has 2 aliphatic rings. The zero-order valence-electron chi connectivity index (χ0n) is 13.6. The Kier molecular flexibility index (Phi) is 8.20. The molecule has 1 aliphatic carbocycles. The van der Waals surface area contributed by atoms with Crippen LogP contribution < -0.4 is 0 Å². The molecule has 1 heterocycles. The van der Waals surface area contributed by atoms with Crippen LogP contribution in [0.3, 0.4) is 0 Å². The van der Waals surface area contributed by atoms with E-state index in [1.54, 1.807) is 0 Å². The summed E-state index contributed by atoms with van der Waals surface area (Å²) >= 11 is 0. The van der Waals surface area contributed by atoms with Gasteiger partial charge in [-0.2, -0.15) is 4.89 Å². The number of hydrogen-bond donors (Lipinski definition) is 0. The van der Waals surface area contributed by atoms with E-state index in [2.05, 4.69) is 0 Å². The van der Waals surface area contributed by atoms with E-state index in [1.807, 2.05) is 0 Å². The molecule has 0 unspecified atom stereocenters. The summed E-state index contributed by atoms with van der Waals surface area (Å²) in [6.07, 6.45) is 14.1. The molecule has 0 aromatic carbocycles. The first-order valence-corrected chi connectivity index (χ1v) is 9.00. The molecule has 128 valence electrons. The summed E-state index contributed by atoms with van der Waals surface area (Å²) in [6, 6.07) is 0. The minimum absolute atomic E-state index is 0.309. The SMILES string of the molecule is O=C1CCCCOOC2(CCCCCCCCCCC2)OO1. The lowest BCUT2D eigenvalue weighted by Gasteiger charge is -2.31. The van der Waals surface area contributed by atoms with Gasteiger partial charge >= 0.3 is 5.97 Å². The number of carbonyl (C=O) groups is 1. The first kappa shape index (κ1) is 17.7. The zero-order chi connectivity index (χ0) is 15.5. The van der Waals surface area contributed by atoms with Crippen molar-refractivity contribution in [3.63, 3.8) is 0 Å². The molecule has 0 radical (unpaired) electrons. The van der Waals surface area contributed by atoms with Gasteiger partial charge in [-0.25, -0.2) is 9.68 Å². The maximum absolute atomic E-state index is 11.7. The van der Waals surface area contributed by atoms with Gasteiger partial charge in [0.05, 0.1) is 6.61 Å². The third-order valence-corrected chi connectivity index (χ3v) is 4.47. The molecule has 2 fully saturated rings. The van der Waals surface area contributed by atoms with Crippen LogP contribution in [0.2, 0.25) is 0 Å². The molecule has 5 nitrogen and oxygen atoms in total. The fourth-order valence-corrected chi connectivity index (χ4v) is 3.08. The van der Waals surface area contributed by atoms with Gasteiger partial charge in [-0.05, 0) is 25.7 Å². The third-order valence-electron chi connectivity index (χ3n) is 4.47.